The molecule has 1 unspecified atom stereocenters. The number of benzene rings is 3. The van der Waals surface area contributed by atoms with Crippen LogP contribution in [-0.4, -0.2) is 50.5 Å². The van der Waals surface area contributed by atoms with Crippen molar-refractivity contribution in [3.05, 3.63) is 66.2 Å². The van der Waals surface area contributed by atoms with Gasteiger partial charge in [0.25, 0.3) is 0 Å². The molecule has 0 aliphatic rings. The van der Waals surface area contributed by atoms with Crippen LogP contribution in [0.25, 0.3) is 10.8 Å². The number of likely N-dealkylation sites (N-methyl/N-ethyl adjacent to an activating group) is 1. The fourth-order valence-corrected chi connectivity index (χ4v) is 3.26. The number of hydrogen-bond acceptors (Lipinski definition) is 5. The van der Waals surface area contributed by atoms with Crippen molar-refractivity contribution in [3.63, 3.8) is 0 Å². The van der Waals surface area contributed by atoms with E-state index >= 15 is 0 Å². The van der Waals surface area contributed by atoms with E-state index in [4.69, 9.17) is 14.2 Å². The van der Waals surface area contributed by atoms with Crippen LogP contribution < -0.4 is 14.2 Å². The summed E-state index contributed by atoms with van der Waals surface area (Å²) in [5, 5.41) is 12.6. The van der Waals surface area contributed by atoms with Crippen LogP contribution in [0.15, 0.2) is 60.7 Å². The number of aliphatic hydroxyl groups excluding tert-OH is 1. The Balaban J connectivity index is 1.56. The molecule has 0 spiro atoms. The Bertz CT molecular complexity index is 907. The number of aliphatic hydroxyl groups is 1. The molecule has 0 saturated heterocycles. The van der Waals surface area contributed by atoms with Crippen LogP contribution in [0, 0.1) is 0 Å². The minimum Gasteiger partial charge on any atom is -0.497 e. The molecule has 3 rings (SSSR count). The van der Waals surface area contributed by atoms with E-state index in [2.05, 4.69) is 12.1 Å². The molecule has 0 bridgehead atoms. The van der Waals surface area contributed by atoms with Crippen molar-refractivity contribution in [2.45, 2.75) is 12.6 Å². The molecule has 28 heavy (non-hydrogen) atoms. The normalized spacial score (nSPS) is 12.2. The van der Waals surface area contributed by atoms with Crippen molar-refractivity contribution >= 4 is 10.8 Å². The van der Waals surface area contributed by atoms with E-state index in [1.54, 1.807) is 14.2 Å². The van der Waals surface area contributed by atoms with Crippen molar-refractivity contribution < 1.29 is 19.3 Å². The Morgan fingerprint density at radius 1 is 0.929 bits per heavy atom. The molecule has 0 aliphatic carbocycles. The average molecular weight is 381 g/mol. The van der Waals surface area contributed by atoms with Gasteiger partial charge < -0.3 is 19.3 Å². The van der Waals surface area contributed by atoms with Gasteiger partial charge in [-0.3, -0.25) is 4.90 Å². The van der Waals surface area contributed by atoms with Crippen molar-refractivity contribution in [2.24, 2.45) is 0 Å². The summed E-state index contributed by atoms with van der Waals surface area (Å²) >= 11 is 0. The number of ether oxygens (including phenoxy) is 3. The van der Waals surface area contributed by atoms with Crippen molar-refractivity contribution in [2.75, 3.05) is 34.4 Å². The van der Waals surface area contributed by atoms with Crippen LogP contribution in [0.4, 0.5) is 0 Å². The highest BCUT2D eigenvalue weighted by atomic mass is 16.5. The second kappa shape index (κ2) is 9.44. The van der Waals surface area contributed by atoms with Crippen LogP contribution in [-0.2, 0) is 6.54 Å². The number of hydrogen-bond donors (Lipinski definition) is 1. The van der Waals surface area contributed by atoms with Crippen LogP contribution in [0.2, 0.25) is 0 Å². The first-order valence-corrected chi connectivity index (χ1v) is 9.28. The quantitative estimate of drug-likeness (QED) is 0.612. The Labute approximate surface area is 166 Å². The maximum Gasteiger partial charge on any atom is 0.127 e. The highest BCUT2D eigenvalue weighted by Crippen LogP contribution is 2.26. The van der Waals surface area contributed by atoms with Gasteiger partial charge in [0, 0.05) is 30.1 Å². The van der Waals surface area contributed by atoms with Gasteiger partial charge in [-0.05, 0) is 24.6 Å². The minimum absolute atomic E-state index is 0.234. The minimum atomic E-state index is -0.604. The van der Waals surface area contributed by atoms with E-state index in [0.717, 1.165) is 33.6 Å². The summed E-state index contributed by atoms with van der Waals surface area (Å²) in [7, 11) is 5.24. The number of methoxy groups -OCH3 is 2. The molecule has 0 heterocycles. The summed E-state index contributed by atoms with van der Waals surface area (Å²) in [5.41, 5.74) is 1.04. The molecule has 3 aromatic carbocycles. The second-order valence-corrected chi connectivity index (χ2v) is 6.82. The monoisotopic (exact) mass is 381 g/mol. The first kappa shape index (κ1) is 20.0. The van der Waals surface area contributed by atoms with Gasteiger partial charge >= 0.3 is 0 Å². The van der Waals surface area contributed by atoms with Crippen molar-refractivity contribution in [3.8, 4) is 17.2 Å². The molecule has 148 valence electrons. The summed E-state index contributed by atoms with van der Waals surface area (Å²) in [6.07, 6.45) is -0.604. The summed E-state index contributed by atoms with van der Waals surface area (Å²) in [6, 6.07) is 19.8. The molecule has 5 heteroatoms. The fraction of sp³-hybridized carbons (Fsp3) is 0.304. The van der Waals surface area contributed by atoms with E-state index < -0.39 is 6.10 Å². The molecule has 0 aliphatic heterocycles. The smallest absolute Gasteiger partial charge is 0.127 e. The SMILES string of the molecule is COc1ccc(CN(C)CC(O)COc2cccc3ccccc23)c(OC)c1. The van der Waals surface area contributed by atoms with Gasteiger partial charge in [0.05, 0.1) is 14.2 Å². The van der Waals surface area contributed by atoms with Gasteiger partial charge in [-0.15, -0.1) is 0 Å². The molecular weight excluding hydrogens is 354 g/mol. The highest BCUT2D eigenvalue weighted by molar-refractivity contribution is 5.88. The summed E-state index contributed by atoms with van der Waals surface area (Å²) in [6.45, 7) is 1.37. The molecule has 0 amide bonds. The molecular formula is C23H27NO4. The predicted octanol–water partition coefficient (Wildman–Crippen LogP) is 3.73. The lowest BCUT2D eigenvalue weighted by molar-refractivity contribution is 0.0747. The van der Waals surface area contributed by atoms with Gasteiger partial charge in [0.1, 0.15) is 30.0 Å². The van der Waals surface area contributed by atoms with Gasteiger partial charge in [-0.1, -0.05) is 42.5 Å². The third kappa shape index (κ3) is 4.94. The Kier molecular flexibility index (Phi) is 6.74. The topological polar surface area (TPSA) is 51.2 Å². The molecule has 1 N–H and O–H groups in total. The van der Waals surface area contributed by atoms with Gasteiger partial charge in [-0.2, -0.15) is 0 Å². The van der Waals surface area contributed by atoms with Crippen molar-refractivity contribution in [1.29, 1.82) is 0 Å². The third-order valence-electron chi connectivity index (χ3n) is 4.64. The third-order valence-corrected chi connectivity index (χ3v) is 4.64. The zero-order valence-electron chi connectivity index (χ0n) is 16.6. The lowest BCUT2D eigenvalue weighted by Crippen LogP contribution is -2.32. The van der Waals surface area contributed by atoms with E-state index in [9.17, 15) is 5.11 Å². The first-order valence-electron chi connectivity index (χ1n) is 9.28. The maximum atomic E-state index is 10.4. The highest BCUT2D eigenvalue weighted by Gasteiger charge is 2.13. The van der Waals surface area contributed by atoms with Gasteiger partial charge in [-0.25, -0.2) is 0 Å². The second-order valence-electron chi connectivity index (χ2n) is 6.82. The fourth-order valence-electron chi connectivity index (χ4n) is 3.26. The number of fused-ring (bicyclic) bond motifs is 1. The van der Waals surface area contributed by atoms with Crippen molar-refractivity contribution in [1.82, 2.24) is 4.90 Å². The Hall–Kier alpha value is -2.76. The molecule has 0 radical (unpaired) electrons. The van der Waals surface area contributed by atoms with E-state index in [-0.39, 0.29) is 6.61 Å². The molecule has 3 aromatic rings. The molecule has 1 atom stereocenters. The maximum absolute atomic E-state index is 10.4. The van der Waals surface area contributed by atoms with Crippen LogP contribution >= 0.6 is 0 Å². The molecule has 5 nitrogen and oxygen atoms in total. The predicted molar refractivity (Wildman–Crippen MR) is 111 cm³/mol. The van der Waals surface area contributed by atoms with Crippen LogP contribution in [0.1, 0.15) is 5.56 Å². The number of nitrogens with zero attached hydrogens (tertiary/aromatic N) is 1. The van der Waals surface area contributed by atoms with Crippen LogP contribution in [0.5, 0.6) is 17.2 Å². The van der Waals surface area contributed by atoms with Gasteiger partial charge in [0.2, 0.25) is 0 Å². The summed E-state index contributed by atoms with van der Waals surface area (Å²) < 4.78 is 16.6. The lowest BCUT2D eigenvalue weighted by Gasteiger charge is -2.22. The molecule has 0 fully saturated rings. The molecule has 0 aromatic heterocycles. The zero-order valence-corrected chi connectivity index (χ0v) is 16.6. The zero-order chi connectivity index (χ0) is 19.9. The Morgan fingerprint density at radius 3 is 2.50 bits per heavy atom. The average Bonchev–Trinajstić information content (AvgIpc) is 2.72. The van der Waals surface area contributed by atoms with E-state index in [1.807, 2.05) is 60.5 Å². The number of rotatable bonds is 9. The van der Waals surface area contributed by atoms with E-state index in [0.29, 0.717) is 13.1 Å². The summed E-state index contributed by atoms with van der Waals surface area (Å²) in [4.78, 5) is 2.04. The lowest BCUT2D eigenvalue weighted by atomic mass is 10.1. The molecule has 0 saturated carbocycles. The van der Waals surface area contributed by atoms with E-state index in [1.165, 1.54) is 0 Å². The standard InChI is InChI=1S/C23H27NO4/c1-24(14-18-11-12-20(26-2)13-23(18)27-3)15-19(25)16-28-22-10-6-8-17-7-4-5-9-21(17)22/h4-13,19,25H,14-16H2,1-3H3. The Morgan fingerprint density at radius 2 is 1.71 bits per heavy atom. The summed E-state index contributed by atoms with van der Waals surface area (Å²) in [5.74, 6) is 2.32. The largest absolute Gasteiger partial charge is 0.497 e. The van der Waals surface area contributed by atoms with Gasteiger partial charge in [0.15, 0.2) is 0 Å². The first-order chi connectivity index (χ1) is 13.6. The van der Waals surface area contributed by atoms with Crippen LogP contribution in [0.3, 0.4) is 0 Å².